The molecule has 1 aliphatic carbocycles. The molecule has 1 aliphatic rings. The SMILES string of the molecule is Cc1ccc(Cl)cc1NC(=O)C(=O)NCC1CCCC1O. The molecule has 1 aromatic carbocycles. The number of benzene rings is 1. The van der Waals surface area contributed by atoms with Crippen LogP contribution in [0.25, 0.3) is 0 Å². The lowest BCUT2D eigenvalue weighted by Crippen LogP contribution is -2.39. The summed E-state index contributed by atoms with van der Waals surface area (Å²) in [6.45, 7) is 2.14. The van der Waals surface area contributed by atoms with Gasteiger partial charge in [0.05, 0.1) is 6.10 Å². The highest BCUT2D eigenvalue weighted by Gasteiger charge is 2.26. The average Bonchev–Trinajstić information content (AvgIpc) is 2.85. The second kappa shape index (κ2) is 6.91. The second-order valence-corrected chi connectivity index (χ2v) is 5.82. The van der Waals surface area contributed by atoms with Gasteiger partial charge >= 0.3 is 11.8 Å². The van der Waals surface area contributed by atoms with Crippen molar-refractivity contribution in [2.24, 2.45) is 5.92 Å². The Labute approximate surface area is 128 Å². The van der Waals surface area contributed by atoms with Gasteiger partial charge in [-0.25, -0.2) is 0 Å². The molecule has 2 rings (SSSR count). The Hall–Kier alpha value is -1.59. The number of aliphatic hydroxyl groups is 1. The van der Waals surface area contributed by atoms with Gasteiger partial charge in [0.15, 0.2) is 0 Å². The minimum Gasteiger partial charge on any atom is -0.393 e. The van der Waals surface area contributed by atoms with Crippen molar-refractivity contribution in [2.75, 3.05) is 11.9 Å². The van der Waals surface area contributed by atoms with Crippen LogP contribution in [-0.2, 0) is 9.59 Å². The third kappa shape index (κ3) is 4.19. The van der Waals surface area contributed by atoms with Crippen LogP contribution < -0.4 is 10.6 Å². The molecule has 0 bridgehead atoms. The van der Waals surface area contributed by atoms with Crippen molar-refractivity contribution in [3.63, 3.8) is 0 Å². The van der Waals surface area contributed by atoms with E-state index in [1.807, 2.05) is 6.92 Å². The predicted octanol–water partition coefficient (Wildman–Crippen LogP) is 1.86. The molecule has 0 spiro atoms. The van der Waals surface area contributed by atoms with Crippen LogP contribution in [0, 0.1) is 12.8 Å². The van der Waals surface area contributed by atoms with Gasteiger partial charge in [-0.3, -0.25) is 9.59 Å². The lowest BCUT2D eigenvalue weighted by molar-refractivity contribution is -0.136. The summed E-state index contributed by atoms with van der Waals surface area (Å²) in [5.41, 5.74) is 1.34. The first-order valence-electron chi connectivity index (χ1n) is 7.01. The third-order valence-corrected chi connectivity index (χ3v) is 4.03. The van der Waals surface area contributed by atoms with E-state index in [9.17, 15) is 14.7 Å². The molecule has 3 N–H and O–H groups in total. The monoisotopic (exact) mass is 310 g/mol. The number of aryl methyl sites for hydroxylation is 1. The minimum atomic E-state index is -0.729. The number of carbonyl (C=O) groups is 2. The summed E-state index contributed by atoms with van der Waals surface area (Å²) in [5, 5.41) is 15.3. The quantitative estimate of drug-likeness (QED) is 0.746. The molecule has 114 valence electrons. The fraction of sp³-hybridized carbons (Fsp3) is 0.467. The lowest BCUT2D eigenvalue weighted by atomic mass is 10.1. The van der Waals surface area contributed by atoms with Crippen molar-refractivity contribution in [2.45, 2.75) is 32.3 Å². The van der Waals surface area contributed by atoms with Gasteiger partial charge in [0, 0.05) is 23.2 Å². The molecule has 2 amide bonds. The van der Waals surface area contributed by atoms with Gasteiger partial charge in [0.25, 0.3) is 0 Å². The van der Waals surface area contributed by atoms with E-state index in [0.29, 0.717) is 17.3 Å². The summed E-state index contributed by atoms with van der Waals surface area (Å²) in [7, 11) is 0. The summed E-state index contributed by atoms with van der Waals surface area (Å²) >= 11 is 5.86. The van der Waals surface area contributed by atoms with Gasteiger partial charge in [-0.15, -0.1) is 0 Å². The zero-order valence-corrected chi connectivity index (χ0v) is 12.6. The average molecular weight is 311 g/mol. The highest BCUT2D eigenvalue weighted by Crippen LogP contribution is 2.24. The molecule has 0 aliphatic heterocycles. The van der Waals surface area contributed by atoms with Crippen LogP contribution >= 0.6 is 11.6 Å². The summed E-state index contributed by atoms with van der Waals surface area (Å²) in [5.74, 6) is -1.39. The van der Waals surface area contributed by atoms with Gasteiger partial charge in [-0.2, -0.15) is 0 Å². The van der Waals surface area contributed by atoms with Crippen LogP contribution in [-0.4, -0.2) is 29.6 Å². The number of hydrogen-bond acceptors (Lipinski definition) is 3. The number of halogens is 1. The van der Waals surface area contributed by atoms with E-state index in [-0.39, 0.29) is 12.0 Å². The molecule has 0 saturated heterocycles. The van der Waals surface area contributed by atoms with E-state index < -0.39 is 11.8 Å². The van der Waals surface area contributed by atoms with Gasteiger partial charge in [-0.1, -0.05) is 24.1 Å². The van der Waals surface area contributed by atoms with Crippen LogP contribution in [0.3, 0.4) is 0 Å². The molecule has 2 unspecified atom stereocenters. The van der Waals surface area contributed by atoms with Gasteiger partial charge in [0.1, 0.15) is 0 Å². The van der Waals surface area contributed by atoms with Crippen molar-refractivity contribution in [1.82, 2.24) is 5.32 Å². The zero-order valence-electron chi connectivity index (χ0n) is 11.9. The van der Waals surface area contributed by atoms with Crippen LogP contribution in [0.15, 0.2) is 18.2 Å². The summed E-state index contributed by atoms with van der Waals surface area (Å²) in [6, 6.07) is 5.08. The highest BCUT2D eigenvalue weighted by molar-refractivity contribution is 6.40. The normalized spacial score (nSPS) is 21.1. The standard InChI is InChI=1S/C15H19ClN2O3/c1-9-5-6-11(16)7-12(9)18-15(21)14(20)17-8-10-3-2-4-13(10)19/h5-7,10,13,19H,2-4,8H2,1H3,(H,17,20)(H,18,21). The van der Waals surface area contributed by atoms with Gasteiger partial charge in [-0.05, 0) is 37.5 Å². The predicted molar refractivity (Wildman–Crippen MR) is 81.2 cm³/mol. The number of hydrogen-bond donors (Lipinski definition) is 3. The maximum atomic E-state index is 11.8. The molecule has 6 heteroatoms. The Morgan fingerprint density at radius 3 is 2.76 bits per heavy atom. The fourth-order valence-corrected chi connectivity index (χ4v) is 2.64. The first-order valence-corrected chi connectivity index (χ1v) is 7.38. The number of amides is 2. The molecule has 1 fully saturated rings. The number of nitrogens with one attached hydrogen (secondary N) is 2. The molecule has 21 heavy (non-hydrogen) atoms. The summed E-state index contributed by atoms with van der Waals surface area (Å²) < 4.78 is 0. The molecule has 2 atom stereocenters. The molecular formula is C15H19ClN2O3. The highest BCUT2D eigenvalue weighted by atomic mass is 35.5. The molecule has 0 radical (unpaired) electrons. The summed E-state index contributed by atoms with van der Waals surface area (Å²) in [6.07, 6.45) is 2.20. The fourth-order valence-electron chi connectivity index (χ4n) is 2.47. The van der Waals surface area contributed by atoms with Gasteiger partial charge in [0.2, 0.25) is 0 Å². The van der Waals surface area contributed by atoms with Crippen molar-refractivity contribution < 1.29 is 14.7 Å². The third-order valence-electron chi connectivity index (χ3n) is 3.80. The van der Waals surface area contributed by atoms with Crippen LogP contribution in [0.4, 0.5) is 5.69 Å². The number of carbonyl (C=O) groups excluding carboxylic acids is 2. The maximum absolute atomic E-state index is 11.8. The largest absolute Gasteiger partial charge is 0.393 e. The Kier molecular flexibility index (Phi) is 5.20. The minimum absolute atomic E-state index is 0.0367. The van der Waals surface area contributed by atoms with E-state index in [1.165, 1.54) is 0 Å². The number of rotatable bonds is 3. The van der Waals surface area contributed by atoms with E-state index in [0.717, 1.165) is 24.8 Å². The number of aliphatic hydroxyl groups excluding tert-OH is 1. The molecule has 0 aromatic heterocycles. The summed E-state index contributed by atoms with van der Waals surface area (Å²) in [4.78, 5) is 23.6. The first-order chi connectivity index (χ1) is 9.97. The van der Waals surface area contributed by atoms with Crippen LogP contribution in [0.1, 0.15) is 24.8 Å². The molecule has 1 aromatic rings. The van der Waals surface area contributed by atoms with Crippen LogP contribution in [0.2, 0.25) is 5.02 Å². The molecular weight excluding hydrogens is 292 g/mol. The van der Waals surface area contributed by atoms with Crippen molar-refractivity contribution in [1.29, 1.82) is 0 Å². The lowest BCUT2D eigenvalue weighted by Gasteiger charge is -2.15. The Morgan fingerprint density at radius 2 is 2.10 bits per heavy atom. The Bertz CT molecular complexity index is 548. The maximum Gasteiger partial charge on any atom is 0.313 e. The van der Waals surface area contributed by atoms with Gasteiger partial charge < -0.3 is 15.7 Å². The van der Waals surface area contributed by atoms with Crippen molar-refractivity contribution >= 4 is 29.1 Å². The first kappa shape index (κ1) is 15.8. The Balaban J connectivity index is 1.87. The van der Waals surface area contributed by atoms with E-state index in [1.54, 1.807) is 18.2 Å². The topological polar surface area (TPSA) is 78.4 Å². The Morgan fingerprint density at radius 1 is 1.33 bits per heavy atom. The molecule has 0 heterocycles. The van der Waals surface area contributed by atoms with E-state index in [4.69, 9.17) is 11.6 Å². The second-order valence-electron chi connectivity index (χ2n) is 5.38. The smallest absolute Gasteiger partial charge is 0.313 e. The molecule has 5 nitrogen and oxygen atoms in total. The molecule has 1 saturated carbocycles. The van der Waals surface area contributed by atoms with Crippen molar-refractivity contribution in [3.05, 3.63) is 28.8 Å². The zero-order chi connectivity index (χ0) is 15.4. The number of anilines is 1. The van der Waals surface area contributed by atoms with E-state index in [2.05, 4.69) is 10.6 Å². The van der Waals surface area contributed by atoms with Crippen LogP contribution in [0.5, 0.6) is 0 Å². The van der Waals surface area contributed by atoms with Crippen molar-refractivity contribution in [3.8, 4) is 0 Å². The van der Waals surface area contributed by atoms with E-state index >= 15 is 0 Å².